The Kier molecular flexibility index (Phi) is 3.73. The van der Waals surface area contributed by atoms with Crippen LogP contribution in [0.15, 0.2) is 29.2 Å². The van der Waals surface area contributed by atoms with Crippen LogP contribution in [0.3, 0.4) is 0 Å². The van der Waals surface area contributed by atoms with E-state index in [1.165, 1.54) is 4.31 Å². The molecule has 1 aromatic rings. The van der Waals surface area contributed by atoms with Gasteiger partial charge in [0.1, 0.15) is 0 Å². The smallest absolute Gasteiger partial charge is 0.243 e. The van der Waals surface area contributed by atoms with Crippen LogP contribution in [-0.2, 0) is 15.4 Å². The molecular formula is C14H21NO3S. The van der Waals surface area contributed by atoms with Crippen molar-refractivity contribution in [3.05, 3.63) is 29.8 Å². The van der Waals surface area contributed by atoms with Crippen LogP contribution in [0.2, 0.25) is 0 Å². The van der Waals surface area contributed by atoms with Crippen molar-refractivity contribution in [3.63, 3.8) is 0 Å². The predicted molar refractivity (Wildman–Crippen MR) is 74.5 cm³/mol. The molecule has 1 aliphatic rings. The molecule has 1 aliphatic heterocycles. The summed E-state index contributed by atoms with van der Waals surface area (Å²) >= 11 is 0. The number of nitrogens with zero attached hydrogens (tertiary/aromatic N) is 1. The standard InChI is InChI=1S/C14H21NO3S/c1-14(2,3)11-4-6-13(7-5-11)19(17,18)15-9-8-12(16)10-15/h4-7,12,16H,8-10H2,1-3H3/t12-/m0/s1. The highest BCUT2D eigenvalue weighted by Gasteiger charge is 2.31. The van der Waals surface area contributed by atoms with Crippen molar-refractivity contribution in [2.75, 3.05) is 13.1 Å². The second kappa shape index (κ2) is 4.89. The monoisotopic (exact) mass is 283 g/mol. The maximum absolute atomic E-state index is 12.4. The number of aliphatic hydroxyl groups excluding tert-OH is 1. The van der Waals surface area contributed by atoms with Crippen LogP contribution < -0.4 is 0 Å². The lowest BCUT2D eigenvalue weighted by molar-refractivity contribution is 0.189. The van der Waals surface area contributed by atoms with Crippen LogP contribution in [-0.4, -0.2) is 37.0 Å². The molecule has 0 amide bonds. The maximum Gasteiger partial charge on any atom is 0.243 e. The summed E-state index contributed by atoms with van der Waals surface area (Å²) in [7, 11) is -3.46. The summed E-state index contributed by atoms with van der Waals surface area (Å²) in [5.41, 5.74) is 1.11. The first-order valence-electron chi connectivity index (χ1n) is 6.50. The zero-order valence-electron chi connectivity index (χ0n) is 11.6. The lowest BCUT2D eigenvalue weighted by Gasteiger charge is -2.20. The number of aliphatic hydroxyl groups is 1. The fourth-order valence-corrected chi connectivity index (χ4v) is 3.70. The lowest BCUT2D eigenvalue weighted by atomic mass is 9.87. The normalized spacial score (nSPS) is 21.8. The van der Waals surface area contributed by atoms with Gasteiger partial charge in [-0.1, -0.05) is 32.9 Å². The average molecular weight is 283 g/mol. The van der Waals surface area contributed by atoms with E-state index in [2.05, 4.69) is 20.8 Å². The predicted octanol–water partition coefficient (Wildman–Crippen LogP) is 1.74. The van der Waals surface area contributed by atoms with E-state index in [1.54, 1.807) is 12.1 Å². The molecular weight excluding hydrogens is 262 g/mol. The summed E-state index contributed by atoms with van der Waals surface area (Å²) in [6, 6.07) is 7.03. The fraction of sp³-hybridized carbons (Fsp3) is 0.571. The molecule has 1 aromatic carbocycles. The van der Waals surface area contributed by atoms with E-state index in [0.29, 0.717) is 17.9 Å². The fourth-order valence-electron chi connectivity index (χ4n) is 2.20. The Hall–Kier alpha value is -0.910. The van der Waals surface area contributed by atoms with Gasteiger partial charge in [0.2, 0.25) is 10.0 Å². The van der Waals surface area contributed by atoms with E-state index >= 15 is 0 Å². The van der Waals surface area contributed by atoms with Crippen molar-refractivity contribution in [2.45, 2.75) is 43.6 Å². The third kappa shape index (κ3) is 2.99. The first-order chi connectivity index (χ1) is 8.71. The quantitative estimate of drug-likeness (QED) is 0.899. The second-order valence-electron chi connectivity index (χ2n) is 6.08. The molecule has 0 radical (unpaired) electrons. The molecule has 0 bridgehead atoms. The highest BCUT2D eigenvalue weighted by molar-refractivity contribution is 7.89. The number of rotatable bonds is 2. The number of β-amino-alcohol motifs (C(OH)–C–C–N with tert-alkyl or cyclic N) is 1. The van der Waals surface area contributed by atoms with Crippen LogP contribution in [0.25, 0.3) is 0 Å². The molecule has 5 heteroatoms. The summed E-state index contributed by atoms with van der Waals surface area (Å²) in [5.74, 6) is 0. The van der Waals surface area contributed by atoms with Crippen LogP contribution in [0, 0.1) is 0 Å². The van der Waals surface area contributed by atoms with Gasteiger partial charge in [0.25, 0.3) is 0 Å². The molecule has 0 saturated carbocycles. The summed E-state index contributed by atoms with van der Waals surface area (Å²) in [4.78, 5) is 0.301. The van der Waals surface area contributed by atoms with Gasteiger partial charge in [-0.2, -0.15) is 4.31 Å². The molecule has 0 aliphatic carbocycles. The molecule has 1 atom stereocenters. The van der Waals surface area contributed by atoms with Gasteiger partial charge in [0.05, 0.1) is 11.0 Å². The molecule has 1 N–H and O–H groups in total. The number of sulfonamides is 1. The van der Waals surface area contributed by atoms with Gasteiger partial charge in [-0.3, -0.25) is 0 Å². The van der Waals surface area contributed by atoms with Gasteiger partial charge in [-0.15, -0.1) is 0 Å². The molecule has 2 rings (SSSR count). The van der Waals surface area contributed by atoms with Crippen molar-refractivity contribution in [3.8, 4) is 0 Å². The van der Waals surface area contributed by atoms with Crippen molar-refractivity contribution >= 4 is 10.0 Å². The Balaban J connectivity index is 2.27. The molecule has 106 valence electrons. The minimum atomic E-state index is -3.46. The molecule has 19 heavy (non-hydrogen) atoms. The van der Waals surface area contributed by atoms with Crippen LogP contribution in [0.5, 0.6) is 0 Å². The minimum absolute atomic E-state index is 0.00608. The number of hydrogen-bond donors (Lipinski definition) is 1. The van der Waals surface area contributed by atoms with E-state index in [0.717, 1.165) is 5.56 Å². The van der Waals surface area contributed by atoms with E-state index < -0.39 is 16.1 Å². The summed E-state index contributed by atoms with van der Waals surface area (Å²) in [6.45, 7) is 6.86. The largest absolute Gasteiger partial charge is 0.392 e. The second-order valence-corrected chi connectivity index (χ2v) is 8.02. The third-order valence-corrected chi connectivity index (χ3v) is 5.36. The van der Waals surface area contributed by atoms with Gasteiger partial charge in [-0.05, 0) is 29.5 Å². The molecule has 1 heterocycles. The maximum atomic E-state index is 12.4. The molecule has 1 fully saturated rings. The van der Waals surface area contributed by atoms with Crippen LogP contribution in [0.1, 0.15) is 32.8 Å². The van der Waals surface area contributed by atoms with Gasteiger partial charge < -0.3 is 5.11 Å². The Bertz CT molecular complexity index is 543. The van der Waals surface area contributed by atoms with Crippen molar-refractivity contribution in [1.82, 2.24) is 4.31 Å². The third-order valence-electron chi connectivity index (χ3n) is 3.48. The van der Waals surface area contributed by atoms with Crippen LogP contribution >= 0.6 is 0 Å². The zero-order chi connectivity index (χ0) is 14.3. The van der Waals surface area contributed by atoms with Gasteiger partial charge >= 0.3 is 0 Å². The van der Waals surface area contributed by atoms with E-state index in [1.807, 2.05) is 12.1 Å². The molecule has 0 spiro atoms. The Morgan fingerprint density at radius 2 is 1.79 bits per heavy atom. The van der Waals surface area contributed by atoms with Crippen molar-refractivity contribution in [1.29, 1.82) is 0 Å². The molecule has 0 aromatic heterocycles. The Morgan fingerprint density at radius 3 is 2.21 bits per heavy atom. The van der Waals surface area contributed by atoms with Gasteiger partial charge in [0.15, 0.2) is 0 Å². The van der Waals surface area contributed by atoms with Crippen molar-refractivity contribution in [2.24, 2.45) is 0 Å². The first kappa shape index (κ1) is 14.5. The Morgan fingerprint density at radius 1 is 1.21 bits per heavy atom. The number of hydrogen-bond acceptors (Lipinski definition) is 3. The highest BCUT2D eigenvalue weighted by Crippen LogP contribution is 2.26. The van der Waals surface area contributed by atoms with E-state index in [4.69, 9.17) is 0 Å². The minimum Gasteiger partial charge on any atom is -0.392 e. The highest BCUT2D eigenvalue weighted by atomic mass is 32.2. The SMILES string of the molecule is CC(C)(C)c1ccc(S(=O)(=O)N2CC[C@H](O)C2)cc1. The van der Waals surface area contributed by atoms with Crippen LogP contribution in [0.4, 0.5) is 0 Å². The molecule has 0 unspecified atom stereocenters. The number of benzene rings is 1. The van der Waals surface area contributed by atoms with E-state index in [9.17, 15) is 13.5 Å². The first-order valence-corrected chi connectivity index (χ1v) is 7.94. The molecule has 1 saturated heterocycles. The van der Waals surface area contributed by atoms with Gasteiger partial charge in [-0.25, -0.2) is 8.42 Å². The molecule has 4 nitrogen and oxygen atoms in total. The Labute approximate surface area is 115 Å². The summed E-state index contributed by atoms with van der Waals surface area (Å²) in [5, 5.41) is 9.45. The average Bonchev–Trinajstić information content (AvgIpc) is 2.76. The topological polar surface area (TPSA) is 57.6 Å². The lowest BCUT2D eigenvalue weighted by Crippen LogP contribution is -2.29. The summed E-state index contributed by atoms with van der Waals surface area (Å²) in [6.07, 6.45) is -0.0251. The zero-order valence-corrected chi connectivity index (χ0v) is 12.4. The van der Waals surface area contributed by atoms with E-state index in [-0.39, 0.29) is 12.0 Å². The van der Waals surface area contributed by atoms with Crippen molar-refractivity contribution < 1.29 is 13.5 Å². The van der Waals surface area contributed by atoms with Gasteiger partial charge in [0, 0.05) is 13.1 Å². The summed E-state index contributed by atoms with van der Waals surface area (Å²) < 4.78 is 26.1.